The number of likely N-dealkylation sites (tertiary alicyclic amines) is 1. The Morgan fingerprint density at radius 1 is 1.09 bits per heavy atom. The van der Waals surface area contributed by atoms with E-state index in [2.05, 4.69) is 12.1 Å². The van der Waals surface area contributed by atoms with Crippen LogP contribution in [0.3, 0.4) is 0 Å². The zero-order valence-electron chi connectivity index (χ0n) is 18.0. The molecule has 1 aliphatic rings. The summed E-state index contributed by atoms with van der Waals surface area (Å²) in [7, 11) is 0. The van der Waals surface area contributed by atoms with Gasteiger partial charge in [0.25, 0.3) is 5.91 Å². The summed E-state index contributed by atoms with van der Waals surface area (Å²) in [6, 6.07) is 13.0. The Bertz CT molecular complexity index is 926. The third-order valence-corrected chi connectivity index (χ3v) is 6.80. The van der Waals surface area contributed by atoms with Gasteiger partial charge in [0.05, 0.1) is 6.04 Å². The average Bonchev–Trinajstić information content (AvgIpc) is 3.32. The van der Waals surface area contributed by atoms with Gasteiger partial charge in [-0.1, -0.05) is 48.9 Å². The van der Waals surface area contributed by atoms with Crippen LogP contribution in [0.15, 0.2) is 54.6 Å². The number of hydrogen-bond acceptors (Lipinski definition) is 3. The summed E-state index contributed by atoms with van der Waals surface area (Å²) >= 11 is 1.18. The highest BCUT2D eigenvalue weighted by Crippen LogP contribution is 2.34. The van der Waals surface area contributed by atoms with Gasteiger partial charge >= 0.3 is 11.9 Å². The first-order valence-corrected chi connectivity index (χ1v) is 11.9. The molecule has 1 N–H and O–H groups in total. The number of unbranched alkanes of at least 4 members (excludes halogenated alkanes) is 3. The molecule has 1 aromatic heterocycles. The number of carboxylic acid groups (broad SMARTS) is 1. The largest absolute Gasteiger partial charge is 0.477 e. The number of alkyl halides is 2. The van der Waals surface area contributed by atoms with Gasteiger partial charge in [0, 0.05) is 17.8 Å². The minimum absolute atomic E-state index is 0.237. The fourth-order valence-electron chi connectivity index (χ4n) is 3.98. The molecule has 172 valence electrons. The van der Waals surface area contributed by atoms with Crippen molar-refractivity contribution in [3.05, 3.63) is 69.9 Å². The van der Waals surface area contributed by atoms with Crippen LogP contribution in [0.2, 0.25) is 0 Å². The molecule has 0 aliphatic carbocycles. The van der Waals surface area contributed by atoms with E-state index in [9.17, 15) is 18.4 Å². The van der Waals surface area contributed by atoms with E-state index in [1.165, 1.54) is 21.8 Å². The second kappa shape index (κ2) is 11.4. The van der Waals surface area contributed by atoms with Gasteiger partial charge in [-0.25, -0.2) is 4.79 Å². The third-order valence-electron chi connectivity index (χ3n) is 5.67. The van der Waals surface area contributed by atoms with Crippen LogP contribution in [0.4, 0.5) is 8.78 Å². The first kappa shape index (κ1) is 24.1. The topological polar surface area (TPSA) is 57.6 Å². The van der Waals surface area contributed by atoms with E-state index in [0.717, 1.165) is 37.0 Å². The summed E-state index contributed by atoms with van der Waals surface area (Å²) in [4.78, 5) is 25.5. The van der Waals surface area contributed by atoms with Crippen molar-refractivity contribution in [3.8, 4) is 0 Å². The van der Waals surface area contributed by atoms with Gasteiger partial charge in [-0.3, -0.25) is 4.79 Å². The lowest BCUT2D eigenvalue weighted by Crippen LogP contribution is -2.36. The number of aryl methyl sites for hydroxylation is 2. The van der Waals surface area contributed by atoms with Crippen molar-refractivity contribution >= 4 is 23.2 Å². The lowest BCUT2D eigenvalue weighted by molar-refractivity contribution is -0.148. The maximum atomic E-state index is 14.0. The Balaban J connectivity index is 1.42. The van der Waals surface area contributed by atoms with Crippen molar-refractivity contribution in [2.45, 2.75) is 63.3 Å². The predicted octanol–water partition coefficient (Wildman–Crippen LogP) is 5.97. The molecular formula is C25H29F2NO3S. The molecule has 2 aromatic rings. The number of amides is 1. The molecule has 0 bridgehead atoms. The standard InChI is InChI=1S/C25H29F2NO3S/c26-25(27)18-20(13-8-3-1-2-5-10-19-11-6-4-7-12-19)28(24(25)31)17-9-14-21-15-16-22(32-21)23(29)30/h4,6-8,11-13,15-16,20H,1-3,5,9-10,14,17-18H2,(H,29,30)/b13-8+. The summed E-state index contributed by atoms with van der Waals surface area (Å²) in [5, 5.41) is 8.99. The van der Waals surface area contributed by atoms with Crippen molar-refractivity contribution < 1.29 is 23.5 Å². The lowest BCUT2D eigenvalue weighted by atomic mass is 10.1. The molecule has 1 unspecified atom stereocenters. The Kier molecular flexibility index (Phi) is 8.56. The van der Waals surface area contributed by atoms with Gasteiger partial charge in [-0.15, -0.1) is 11.3 Å². The Morgan fingerprint density at radius 2 is 1.88 bits per heavy atom. The molecule has 1 atom stereocenters. The van der Waals surface area contributed by atoms with Crippen molar-refractivity contribution in [2.75, 3.05) is 6.54 Å². The van der Waals surface area contributed by atoms with Gasteiger partial charge < -0.3 is 10.0 Å². The van der Waals surface area contributed by atoms with Gasteiger partial charge in [0.2, 0.25) is 0 Å². The zero-order chi connectivity index (χ0) is 23.0. The summed E-state index contributed by atoms with van der Waals surface area (Å²) in [5.74, 6) is -5.39. The number of aromatic carboxylic acids is 1. The highest BCUT2D eigenvalue weighted by atomic mass is 32.1. The maximum Gasteiger partial charge on any atom is 0.345 e. The van der Waals surface area contributed by atoms with Crippen LogP contribution >= 0.6 is 11.3 Å². The Hall–Kier alpha value is -2.54. The minimum Gasteiger partial charge on any atom is -0.477 e. The molecule has 0 spiro atoms. The number of rotatable bonds is 12. The molecule has 1 amide bonds. The number of thiophene rings is 1. The summed E-state index contributed by atoms with van der Waals surface area (Å²) in [5.41, 5.74) is 1.33. The Labute approximate surface area is 191 Å². The number of halogens is 2. The highest BCUT2D eigenvalue weighted by Gasteiger charge is 2.52. The maximum absolute atomic E-state index is 14.0. The molecule has 3 rings (SSSR count). The average molecular weight is 462 g/mol. The molecule has 0 radical (unpaired) electrons. The second-order valence-corrected chi connectivity index (χ2v) is 9.33. The summed E-state index contributed by atoms with van der Waals surface area (Å²) in [6.07, 6.45) is 9.29. The minimum atomic E-state index is -3.32. The number of hydrogen-bond donors (Lipinski definition) is 1. The van der Waals surface area contributed by atoms with E-state index < -0.39 is 30.3 Å². The number of carbonyl (C=O) groups is 2. The van der Waals surface area contributed by atoms with Gasteiger partial charge in [-0.2, -0.15) is 8.78 Å². The predicted molar refractivity (Wildman–Crippen MR) is 122 cm³/mol. The second-order valence-electron chi connectivity index (χ2n) is 8.16. The van der Waals surface area contributed by atoms with Gasteiger partial charge in [0.15, 0.2) is 0 Å². The highest BCUT2D eigenvalue weighted by molar-refractivity contribution is 7.13. The monoisotopic (exact) mass is 461 g/mol. The van der Waals surface area contributed by atoms with E-state index in [1.807, 2.05) is 24.3 Å². The van der Waals surface area contributed by atoms with Crippen LogP contribution in [-0.4, -0.2) is 40.4 Å². The molecule has 1 aromatic carbocycles. The molecule has 0 saturated carbocycles. The molecular weight excluding hydrogens is 432 g/mol. The van der Waals surface area contributed by atoms with E-state index in [-0.39, 0.29) is 11.4 Å². The number of benzene rings is 1. The molecule has 2 heterocycles. The van der Waals surface area contributed by atoms with Crippen LogP contribution in [0.25, 0.3) is 0 Å². The quantitative estimate of drug-likeness (QED) is 0.313. The molecule has 32 heavy (non-hydrogen) atoms. The summed E-state index contributed by atoms with van der Waals surface area (Å²) < 4.78 is 28.1. The number of carboxylic acids is 1. The zero-order valence-corrected chi connectivity index (χ0v) is 18.8. The lowest BCUT2D eigenvalue weighted by Gasteiger charge is -2.21. The van der Waals surface area contributed by atoms with Crippen LogP contribution in [0.1, 0.15) is 58.6 Å². The SMILES string of the molecule is O=C(O)c1ccc(CCCN2C(=O)C(F)(F)CC2/C=C/CCCCCc2ccccc2)s1. The van der Waals surface area contributed by atoms with Crippen LogP contribution in [0, 0.1) is 0 Å². The van der Waals surface area contributed by atoms with Crippen LogP contribution in [-0.2, 0) is 17.6 Å². The Morgan fingerprint density at radius 3 is 2.59 bits per heavy atom. The van der Waals surface area contributed by atoms with Gasteiger partial charge in [0.1, 0.15) is 4.88 Å². The number of carbonyl (C=O) groups excluding carboxylic acids is 1. The summed E-state index contributed by atoms with van der Waals surface area (Å²) in [6.45, 7) is 0.237. The first-order chi connectivity index (χ1) is 15.4. The van der Waals surface area contributed by atoms with Crippen molar-refractivity contribution in [3.63, 3.8) is 0 Å². The van der Waals surface area contributed by atoms with E-state index in [0.29, 0.717) is 12.8 Å². The smallest absolute Gasteiger partial charge is 0.345 e. The van der Waals surface area contributed by atoms with E-state index >= 15 is 0 Å². The van der Waals surface area contributed by atoms with Crippen molar-refractivity contribution in [1.82, 2.24) is 4.90 Å². The molecule has 1 saturated heterocycles. The van der Waals surface area contributed by atoms with E-state index in [4.69, 9.17) is 5.11 Å². The molecule has 1 aliphatic heterocycles. The van der Waals surface area contributed by atoms with Crippen LogP contribution in [0.5, 0.6) is 0 Å². The third kappa shape index (κ3) is 6.73. The normalized spacial score (nSPS) is 18.0. The fourth-order valence-corrected chi connectivity index (χ4v) is 4.87. The van der Waals surface area contributed by atoms with Crippen molar-refractivity contribution in [1.29, 1.82) is 0 Å². The molecule has 7 heteroatoms. The van der Waals surface area contributed by atoms with Gasteiger partial charge in [-0.05, 0) is 56.2 Å². The van der Waals surface area contributed by atoms with Crippen LogP contribution < -0.4 is 0 Å². The van der Waals surface area contributed by atoms with E-state index in [1.54, 1.807) is 18.2 Å². The number of nitrogens with zero attached hydrogens (tertiary/aromatic N) is 1. The first-order valence-electron chi connectivity index (χ1n) is 11.1. The van der Waals surface area contributed by atoms with Crippen molar-refractivity contribution in [2.24, 2.45) is 0 Å². The molecule has 4 nitrogen and oxygen atoms in total. The number of allylic oxidation sites excluding steroid dienone is 1. The fraction of sp³-hybridized carbons (Fsp3) is 0.440. The molecule has 1 fully saturated rings.